The Balaban J connectivity index is 0.000000204. The van der Waals surface area contributed by atoms with Crippen molar-refractivity contribution in [2.24, 2.45) is 7.05 Å². The van der Waals surface area contributed by atoms with Crippen molar-refractivity contribution in [2.75, 3.05) is 5.73 Å². The van der Waals surface area contributed by atoms with Crippen LogP contribution in [0, 0.1) is 5.82 Å². The molecule has 104 valence electrons. The molecule has 20 heavy (non-hydrogen) atoms. The standard InChI is InChI=1S/C7H6FNO2.C5H5N3O/c1-9-3-6(8)2-5(4-10)7(9)11;6-5-7-1-4(3-9)2-8-5/h2-4H,1H3;1-3H,(H2,6,7,8). The van der Waals surface area contributed by atoms with Gasteiger partial charge in [-0.1, -0.05) is 0 Å². The van der Waals surface area contributed by atoms with Crippen molar-refractivity contribution in [3.05, 3.63) is 52.0 Å². The van der Waals surface area contributed by atoms with Gasteiger partial charge in [-0.3, -0.25) is 14.4 Å². The van der Waals surface area contributed by atoms with Crippen LogP contribution >= 0.6 is 0 Å². The van der Waals surface area contributed by atoms with Crippen molar-refractivity contribution in [3.63, 3.8) is 0 Å². The highest BCUT2D eigenvalue weighted by molar-refractivity contribution is 5.74. The van der Waals surface area contributed by atoms with Crippen molar-refractivity contribution >= 4 is 18.5 Å². The minimum absolute atomic E-state index is 0.160. The number of anilines is 1. The van der Waals surface area contributed by atoms with Crippen molar-refractivity contribution in [2.45, 2.75) is 0 Å². The molecule has 7 nitrogen and oxygen atoms in total. The third kappa shape index (κ3) is 4.09. The molecule has 0 radical (unpaired) electrons. The predicted molar refractivity (Wildman–Crippen MR) is 68.9 cm³/mol. The van der Waals surface area contributed by atoms with E-state index in [2.05, 4.69) is 9.97 Å². The smallest absolute Gasteiger partial charge is 0.261 e. The zero-order chi connectivity index (χ0) is 15.1. The minimum Gasteiger partial charge on any atom is -0.368 e. The first-order valence-electron chi connectivity index (χ1n) is 5.32. The molecule has 0 fully saturated rings. The van der Waals surface area contributed by atoms with Crippen LogP contribution in [0.5, 0.6) is 0 Å². The Morgan fingerprint density at radius 1 is 1.25 bits per heavy atom. The van der Waals surface area contributed by atoms with Crippen LogP contribution in [-0.4, -0.2) is 27.1 Å². The minimum atomic E-state index is -0.589. The van der Waals surface area contributed by atoms with Crippen LogP contribution in [0.3, 0.4) is 0 Å². The molecule has 0 aliphatic rings. The molecular formula is C12H11FN4O3. The first-order valence-corrected chi connectivity index (χ1v) is 5.32. The molecule has 2 aromatic heterocycles. The van der Waals surface area contributed by atoms with E-state index in [0.717, 1.165) is 16.8 Å². The van der Waals surface area contributed by atoms with E-state index in [1.54, 1.807) is 0 Å². The zero-order valence-corrected chi connectivity index (χ0v) is 10.5. The van der Waals surface area contributed by atoms with E-state index >= 15 is 0 Å². The summed E-state index contributed by atoms with van der Waals surface area (Å²) < 4.78 is 13.5. The number of rotatable bonds is 2. The van der Waals surface area contributed by atoms with Crippen molar-refractivity contribution in [3.8, 4) is 0 Å². The molecule has 0 aliphatic carbocycles. The Morgan fingerprint density at radius 3 is 2.35 bits per heavy atom. The zero-order valence-electron chi connectivity index (χ0n) is 10.5. The van der Waals surface area contributed by atoms with Crippen LogP contribution < -0.4 is 11.3 Å². The van der Waals surface area contributed by atoms with Gasteiger partial charge in [0.15, 0.2) is 12.6 Å². The van der Waals surface area contributed by atoms with Gasteiger partial charge < -0.3 is 10.3 Å². The maximum Gasteiger partial charge on any atom is 0.261 e. The number of nitrogens with two attached hydrogens (primary N) is 1. The lowest BCUT2D eigenvalue weighted by atomic mass is 10.3. The summed E-state index contributed by atoms with van der Waals surface area (Å²) in [5.74, 6) is -0.408. The summed E-state index contributed by atoms with van der Waals surface area (Å²) in [4.78, 5) is 38.2. The molecule has 2 N–H and O–H groups in total. The lowest BCUT2D eigenvalue weighted by molar-refractivity contribution is 0.111. The molecule has 0 spiro atoms. The van der Waals surface area contributed by atoms with Gasteiger partial charge in [0.2, 0.25) is 5.95 Å². The van der Waals surface area contributed by atoms with Crippen LogP contribution in [0.4, 0.5) is 10.3 Å². The molecule has 0 bridgehead atoms. The average Bonchev–Trinajstić information content (AvgIpc) is 2.44. The highest BCUT2D eigenvalue weighted by atomic mass is 19.1. The first-order chi connectivity index (χ1) is 9.47. The number of halogens is 1. The van der Waals surface area contributed by atoms with Crippen molar-refractivity contribution in [1.29, 1.82) is 0 Å². The summed E-state index contributed by atoms with van der Waals surface area (Å²) in [6.45, 7) is 0. The second-order valence-electron chi connectivity index (χ2n) is 3.64. The fourth-order valence-corrected chi connectivity index (χ4v) is 1.19. The van der Waals surface area contributed by atoms with Crippen molar-refractivity contribution in [1.82, 2.24) is 14.5 Å². The Labute approximate surface area is 112 Å². The summed E-state index contributed by atoms with van der Waals surface area (Å²) in [7, 11) is 1.39. The molecule has 2 aromatic rings. The van der Waals surface area contributed by atoms with E-state index in [1.165, 1.54) is 19.4 Å². The molecular weight excluding hydrogens is 267 g/mol. The molecule has 0 aromatic carbocycles. The van der Waals surface area contributed by atoms with Crippen LogP contribution in [0.25, 0.3) is 0 Å². The van der Waals surface area contributed by atoms with E-state index in [-0.39, 0.29) is 11.5 Å². The number of nitrogens with zero attached hydrogens (tertiary/aromatic N) is 3. The predicted octanol–water partition coefficient (Wildman–Crippen LogP) is 0.208. The number of carbonyl (C=O) groups is 2. The van der Waals surface area contributed by atoms with E-state index in [9.17, 15) is 18.8 Å². The van der Waals surface area contributed by atoms with Gasteiger partial charge in [-0.15, -0.1) is 0 Å². The Morgan fingerprint density at radius 2 is 1.85 bits per heavy atom. The molecule has 2 rings (SSSR count). The Hall–Kier alpha value is -2.90. The van der Waals surface area contributed by atoms with Crippen LogP contribution in [0.2, 0.25) is 0 Å². The third-order valence-electron chi connectivity index (χ3n) is 2.13. The molecule has 0 saturated heterocycles. The van der Waals surface area contributed by atoms with Gasteiger partial charge in [-0.2, -0.15) is 0 Å². The number of pyridine rings is 1. The lowest BCUT2D eigenvalue weighted by Gasteiger charge is -1.96. The highest BCUT2D eigenvalue weighted by Gasteiger charge is 2.01. The highest BCUT2D eigenvalue weighted by Crippen LogP contribution is 1.94. The van der Waals surface area contributed by atoms with Gasteiger partial charge in [-0.25, -0.2) is 14.4 Å². The van der Waals surface area contributed by atoms with Crippen molar-refractivity contribution < 1.29 is 14.0 Å². The molecule has 0 aliphatic heterocycles. The average molecular weight is 278 g/mol. The molecule has 0 amide bonds. The normalized spacial score (nSPS) is 9.30. The summed E-state index contributed by atoms with van der Waals surface area (Å²) in [5, 5.41) is 0. The summed E-state index contributed by atoms with van der Waals surface area (Å²) in [5.41, 5.74) is 4.93. The number of hydrogen-bond donors (Lipinski definition) is 1. The summed E-state index contributed by atoms with van der Waals surface area (Å²) in [6, 6.07) is 0.912. The van der Waals surface area contributed by atoms with E-state index in [0.29, 0.717) is 18.1 Å². The monoisotopic (exact) mass is 278 g/mol. The fraction of sp³-hybridized carbons (Fsp3) is 0.0833. The van der Waals surface area contributed by atoms with Gasteiger partial charge in [0.1, 0.15) is 5.82 Å². The van der Waals surface area contributed by atoms with Gasteiger partial charge in [-0.05, 0) is 6.07 Å². The number of hydrogen-bond acceptors (Lipinski definition) is 6. The number of aryl methyl sites for hydroxylation is 1. The topological polar surface area (TPSA) is 108 Å². The quantitative estimate of drug-likeness (QED) is 0.786. The third-order valence-corrected chi connectivity index (χ3v) is 2.13. The fourth-order valence-electron chi connectivity index (χ4n) is 1.19. The molecule has 0 unspecified atom stereocenters. The van der Waals surface area contributed by atoms with Gasteiger partial charge >= 0.3 is 0 Å². The molecule has 0 saturated carbocycles. The Bertz CT molecular complexity index is 667. The number of aromatic nitrogens is 3. The maximum atomic E-state index is 12.5. The number of aldehydes is 2. The van der Waals surface area contributed by atoms with Crippen LogP contribution in [0.15, 0.2) is 29.5 Å². The number of nitrogen functional groups attached to an aromatic ring is 1. The molecule has 0 atom stereocenters. The molecule has 8 heteroatoms. The van der Waals surface area contributed by atoms with Gasteiger partial charge in [0.25, 0.3) is 5.56 Å². The van der Waals surface area contributed by atoms with E-state index in [1.807, 2.05) is 0 Å². The first kappa shape index (κ1) is 15.2. The van der Waals surface area contributed by atoms with E-state index in [4.69, 9.17) is 5.73 Å². The summed E-state index contributed by atoms with van der Waals surface area (Å²) >= 11 is 0. The molecule has 2 heterocycles. The lowest BCUT2D eigenvalue weighted by Crippen LogP contribution is -2.20. The summed E-state index contributed by atoms with van der Waals surface area (Å²) in [6.07, 6.45) is 4.77. The van der Waals surface area contributed by atoms with Crippen LogP contribution in [-0.2, 0) is 7.05 Å². The second kappa shape index (κ2) is 6.88. The van der Waals surface area contributed by atoms with Gasteiger partial charge in [0, 0.05) is 25.6 Å². The SMILES string of the molecule is Cn1cc(F)cc(C=O)c1=O.Nc1ncc(C=O)cn1. The van der Waals surface area contributed by atoms with Gasteiger partial charge in [0.05, 0.1) is 11.1 Å². The Kier molecular flexibility index (Phi) is 5.21. The second-order valence-corrected chi connectivity index (χ2v) is 3.64. The maximum absolute atomic E-state index is 12.5. The number of carbonyl (C=O) groups excluding carboxylic acids is 2. The van der Waals surface area contributed by atoms with E-state index < -0.39 is 11.4 Å². The van der Waals surface area contributed by atoms with Crippen LogP contribution in [0.1, 0.15) is 20.7 Å². The largest absolute Gasteiger partial charge is 0.368 e.